The molecule has 114 valence electrons. The first-order valence-electron chi connectivity index (χ1n) is 6.83. The van der Waals surface area contributed by atoms with Crippen molar-refractivity contribution < 1.29 is 14.3 Å². The van der Waals surface area contributed by atoms with Gasteiger partial charge < -0.3 is 19.6 Å². The molecular formula is C16H20ClNO3. The third-order valence-corrected chi connectivity index (χ3v) is 3.54. The number of aliphatic hydroxyl groups excluding tert-OH is 1. The molecule has 2 N–H and O–H groups in total. The number of benzene rings is 1. The Bertz CT molecular complexity index is 553. The van der Waals surface area contributed by atoms with Crippen LogP contribution in [0.2, 0.25) is 5.02 Å². The van der Waals surface area contributed by atoms with Crippen LogP contribution >= 0.6 is 11.6 Å². The molecule has 0 aliphatic rings. The lowest BCUT2D eigenvalue weighted by atomic mass is 10.0. The van der Waals surface area contributed by atoms with Gasteiger partial charge in [-0.2, -0.15) is 0 Å². The van der Waals surface area contributed by atoms with E-state index in [-0.39, 0.29) is 6.04 Å². The second-order valence-electron chi connectivity index (χ2n) is 4.97. The first-order chi connectivity index (χ1) is 10.1. The molecule has 1 aromatic carbocycles. The predicted octanol–water partition coefficient (Wildman–Crippen LogP) is 3.29. The summed E-state index contributed by atoms with van der Waals surface area (Å²) in [7, 11) is 1.63. The van der Waals surface area contributed by atoms with E-state index in [1.54, 1.807) is 19.2 Å². The molecule has 0 fully saturated rings. The van der Waals surface area contributed by atoms with Crippen molar-refractivity contribution in [3.8, 4) is 0 Å². The van der Waals surface area contributed by atoms with Crippen molar-refractivity contribution in [3.63, 3.8) is 0 Å². The topological polar surface area (TPSA) is 54.6 Å². The molecule has 0 aliphatic carbocycles. The van der Waals surface area contributed by atoms with Gasteiger partial charge in [0, 0.05) is 18.2 Å². The second-order valence-corrected chi connectivity index (χ2v) is 5.40. The number of aliphatic hydroxyl groups is 1. The Kier molecular flexibility index (Phi) is 5.82. The molecule has 21 heavy (non-hydrogen) atoms. The van der Waals surface area contributed by atoms with Gasteiger partial charge in [-0.25, -0.2) is 0 Å². The van der Waals surface area contributed by atoms with Gasteiger partial charge in [0.25, 0.3) is 0 Å². The van der Waals surface area contributed by atoms with Crippen LogP contribution in [0, 0.1) is 0 Å². The van der Waals surface area contributed by atoms with Crippen molar-refractivity contribution in [1.29, 1.82) is 0 Å². The summed E-state index contributed by atoms with van der Waals surface area (Å²) < 4.78 is 10.6. The Morgan fingerprint density at radius 3 is 2.52 bits per heavy atom. The van der Waals surface area contributed by atoms with E-state index in [1.165, 1.54) is 0 Å². The average molecular weight is 310 g/mol. The van der Waals surface area contributed by atoms with Crippen LogP contribution in [-0.4, -0.2) is 18.3 Å². The Morgan fingerprint density at radius 2 is 1.86 bits per heavy atom. The summed E-state index contributed by atoms with van der Waals surface area (Å²) in [6.45, 7) is 2.94. The quantitative estimate of drug-likeness (QED) is 0.824. The zero-order valence-electron chi connectivity index (χ0n) is 12.2. The highest BCUT2D eigenvalue weighted by Crippen LogP contribution is 2.19. The molecule has 1 aromatic heterocycles. The molecule has 0 bridgehead atoms. The van der Waals surface area contributed by atoms with E-state index in [0.29, 0.717) is 18.2 Å². The summed E-state index contributed by atoms with van der Waals surface area (Å²) in [5.41, 5.74) is 0.832. The Hall–Kier alpha value is -1.33. The molecule has 0 spiro atoms. The van der Waals surface area contributed by atoms with Crippen LogP contribution in [0.15, 0.2) is 40.8 Å². The summed E-state index contributed by atoms with van der Waals surface area (Å²) in [4.78, 5) is 0. The first-order valence-corrected chi connectivity index (χ1v) is 7.21. The zero-order chi connectivity index (χ0) is 15.2. The van der Waals surface area contributed by atoms with Gasteiger partial charge in [-0.3, -0.25) is 0 Å². The monoisotopic (exact) mass is 309 g/mol. The third-order valence-electron chi connectivity index (χ3n) is 3.29. The molecule has 5 heteroatoms. The molecule has 0 saturated carbocycles. The minimum Gasteiger partial charge on any atom is -0.462 e. The van der Waals surface area contributed by atoms with Crippen LogP contribution in [0.1, 0.15) is 30.1 Å². The van der Waals surface area contributed by atoms with Crippen LogP contribution < -0.4 is 5.32 Å². The van der Waals surface area contributed by atoms with Gasteiger partial charge in [-0.05, 0) is 36.8 Å². The first kappa shape index (κ1) is 16.0. The molecule has 2 atom stereocenters. The van der Waals surface area contributed by atoms with Gasteiger partial charge in [0.15, 0.2) is 0 Å². The summed E-state index contributed by atoms with van der Waals surface area (Å²) in [6.07, 6.45) is -0.601. The van der Waals surface area contributed by atoms with E-state index < -0.39 is 6.10 Å². The highest BCUT2D eigenvalue weighted by atomic mass is 35.5. The number of hydrogen-bond donors (Lipinski definition) is 2. The van der Waals surface area contributed by atoms with Gasteiger partial charge >= 0.3 is 0 Å². The van der Waals surface area contributed by atoms with Crippen molar-refractivity contribution in [2.75, 3.05) is 7.11 Å². The van der Waals surface area contributed by atoms with E-state index >= 15 is 0 Å². The van der Waals surface area contributed by atoms with Gasteiger partial charge in [-0.1, -0.05) is 23.7 Å². The van der Waals surface area contributed by atoms with Gasteiger partial charge in [0.1, 0.15) is 18.1 Å². The largest absolute Gasteiger partial charge is 0.462 e. The lowest BCUT2D eigenvalue weighted by molar-refractivity contribution is 0.133. The van der Waals surface area contributed by atoms with Gasteiger partial charge in [0.05, 0.1) is 12.6 Å². The number of ether oxygens (including phenoxy) is 1. The molecule has 4 nitrogen and oxygen atoms in total. The fraction of sp³-hybridized carbons (Fsp3) is 0.375. The highest BCUT2D eigenvalue weighted by Gasteiger charge is 2.16. The maximum atomic E-state index is 10.3. The SMILES string of the molecule is COCc1ccc(CNC(C)C(O)c2ccc(Cl)cc2)o1. The fourth-order valence-corrected chi connectivity index (χ4v) is 2.18. The summed E-state index contributed by atoms with van der Waals surface area (Å²) in [6, 6.07) is 10.9. The standard InChI is InChI=1S/C16H20ClNO3/c1-11(16(19)12-3-5-13(17)6-4-12)18-9-14-7-8-15(21-14)10-20-2/h3-8,11,16,18-19H,9-10H2,1-2H3. The van der Waals surface area contributed by atoms with E-state index in [4.69, 9.17) is 20.8 Å². The molecule has 0 aliphatic heterocycles. The van der Waals surface area contributed by atoms with E-state index in [1.807, 2.05) is 31.2 Å². The number of furan rings is 1. The smallest absolute Gasteiger partial charge is 0.129 e. The number of rotatable bonds is 7. The molecule has 2 unspecified atom stereocenters. The minimum absolute atomic E-state index is 0.109. The molecule has 1 heterocycles. The molecular weight excluding hydrogens is 290 g/mol. The van der Waals surface area contributed by atoms with Gasteiger partial charge in [0.2, 0.25) is 0 Å². The fourth-order valence-electron chi connectivity index (χ4n) is 2.06. The van der Waals surface area contributed by atoms with Crippen LogP contribution in [-0.2, 0) is 17.9 Å². The molecule has 0 saturated heterocycles. The number of hydrogen-bond acceptors (Lipinski definition) is 4. The van der Waals surface area contributed by atoms with E-state index in [0.717, 1.165) is 17.1 Å². The third kappa shape index (κ3) is 4.58. The van der Waals surface area contributed by atoms with Gasteiger partial charge in [-0.15, -0.1) is 0 Å². The minimum atomic E-state index is -0.601. The summed E-state index contributed by atoms with van der Waals surface area (Å²) in [5, 5.41) is 14.2. The molecule has 2 aromatic rings. The number of nitrogens with one attached hydrogen (secondary N) is 1. The maximum absolute atomic E-state index is 10.3. The Balaban J connectivity index is 1.88. The van der Waals surface area contributed by atoms with E-state index in [2.05, 4.69) is 5.32 Å². The van der Waals surface area contributed by atoms with Crippen LogP contribution in [0.5, 0.6) is 0 Å². The Morgan fingerprint density at radius 1 is 1.19 bits per heavy atom. The molecule has 0 radical (unpaired) electrons. The van der Waals surface area contributed by atoms with Crippen molar-refractivity contribution in [2.24, 2.45) is 0 Å². The zero-order valence-corrected chi connectivity index (χ0v) is 12.9. The van der Waals surface area contributed by atoms with Crippen molar-refractivity contribution in [2.45, 2.75) is 32.2 Å². The second kappa shape index (κ2) is 7.61. The average Bonchev–Trinajstić information content (AvgIpc) is 2.93. The lowest BCUT2D eigenvalue weighted by Crippen LogP contribution is -2.31. The van der Waals surface area contributed by atoms with Crippen molar-refractivity contribution in [1.82, 2.24) is 5.32 Å². The summed E-state index contributed by atoms with van der Waals surface area (Å²) in [5.74, 6) is 1.61. The normalized spacial score (nSPS) is 14.1. The summed E-state index contributed by atoms with van der Waals surface area (Å²) >= 11 is 5.85. The van der Waals surface area contributed by atoms with Crippen molar-refractivity contribution in [3.05, 3.63) is 58.5 Å². The highest BCUT2D eigenvalue weighted by molar-refractivity contribution is 6.30. The number of methoxy groups -OCH3 is 1. The van der Waals surface area contributed by atoms with Crippen molar-refractivity contribution >= 4 is 11.6 Å². The van der Waals surface area contributed by atoms with E-state index in [9.17, 15) is 5.11 Å². The van der Waals surface area contributed by atoms with Crippen LogP contribution in [0.4, 0.5) is 0 Å². The molecule has 0 amide bonds. The predicted molar refractivity (Wildman–Crippen MR) is 82.1 cm³/mol. The Labute approximate surface area is 129 Å². The maximum Gasteiger partial charge on any atom is 0.129 e. The van der Waals surface area contributed by atoms with Crippen LogP contribution in [0.3, 0.4) is 0 Å². The van der Waals surface area contributed by atoms with Crippen LogP contribution in [0.25, 0.3) is 0 Å². The molecule has 2 rings (SSSR count). The lowest BCUT2D eigenvalue weighted by Gasteiger charge is -2.20. The number of halogens is 1.